The van der Waals surface area contributed by atoms with Crippen LogP contribution < -0.4 is 15.5 Å². The van der Waals surface area contributed by atoms with Crippen LogP contribution in [0, 0.1) is 0 Å². The van der Waals surface area contributed by atoms with Crippen LogP contribution in [0.3, 0.4) is 0 Å². The van der Waals surface area contributed by atoms with E-state index in [1.807, 2.05) is 43.3 Å². The molecule has 6 heteroatoms. The molecule has 0 unspecified atom stereocenters. The zero-order valence-electron chi connectivity index (χ0n) is 13.6. The fraction of sp³-hybridized carbons (Fsp3) is 0.222. The number of hydrogen-bond acceptors (Lipinski definition) is 4. The third-order valence-corrected chi connectivity index (χ3v) is 3.41. The molecule has 0 heterocycles. The molecule has 5 nitrogen and oxygen atoms in total. The van der Waals surface area contributed by atoms with Gasteiger partial charge in [-0.15, -0.1) is 0 Å². The van der Waals surface area contributed by atoms with Gasteiger partial charge in [0, 0.05) is 10.7 Å². The maximum Gasteiger partial charge on any atom is 0.262 e. The van der Waals surface area contributed by atoms with Crippen molar-refractivity contribution in [3.8, 4) is 5.75 Å². The van der Waals surface area contributed by atoms with Gasteiger partial charge in [-0.05, 0) is 55.8 Å². The zero-order chi connectivity index (χ0) is 17.4. The largest absolute Gasteiger partial charge is 0.494 e. The first-order chi connectivity index (χ1) is 11.6. The number of benzene rings is 2. The summed E-state index contributed by atoms with van der Waals surface area (Å²) in [4.78, 5) is 12.0. The molecule has 2 aromatic rings. The second kappa shape index (κ2) is 8.93. The summed E-state index contributed by atoms with van der Waals surface area (Å²) in [6.07, 6.45) is 1.55. The first-order valence-electron chi connectivity index (χ1n) is 7.66. The highest BCUT2D eigenvalue weighted by atomic mass is 35.5. The highest BCUT2D eigenvalue weighted by Gasteiger charge is 2.11. The molecular formula is C18H20ClN3O2. The Hall–Kier alpha value is -2.53. The number of anilines is 1. The van der Waals surface area contributed by atoms with Gasteiger partial charge in [-0.25, -0.2) is 5.43 Å². The molecule has 0 radical (unpaired) electrons. The number of amides is 1. The molecule has 2 N–H and O–H groups in total. The molecule has 0 aliphatic carbocycles. The van der Waals surface area contributed by atoms with E-state index in [1.54, 1.807) is 25.3 Å². The van der Waals surface area contributed by atoms with E-state index < -0.39 is 6.04 Å². The minimum absolute atomic E-state index is 0.234. The van der Waals surface area contributed by atoms with Crippen LogP contribution in [0.1, 0.15) is 19.4 Å². The molecule has 2 aromatic carbocycles. The van der Waals surface area contributed by atoms with Crippen LogP contribution in [-0.2, 0) is 4.79 Å². The summed E-state index contributed by atoms with van der Waals surface area (Å²) in [6.45, 7) is 4.32. The molecule has 0 bridgehead atoms. The summed E-state index contributed by atoms with van der Waals surface area (Å²) < 4.78 is 5.38. The lowest BCUT2D eigenvalue weighted by atomic mass is 10.2. The average molecular weight is 346 g/mol. The molecule has 1 atom stereocenters. The van der Waals surface area contributed by atoms with E-state index in [9.17, 15) is 4.79 Å². The Bertz CT molecular complexity index is 702. The smallest absolute Gasteiger partial charge is 0.262 e. The fourth-order valence-corrected chi connectivity index (χ4v) is 2.18. The maximum absolute atomic E-state index is 12.0. The molecule has 126 valence electrons. The molecule has 2 rings (SSSR count). The van der Waals surface area contributed by atoms with Crippen LogP contribution in [0.5, 0.6) is 5.75 Å². The summed E-state index contributed by atoms with van der Waals surface area (Å²) in [7, 11) is 0. The Morgan fingerprint density at radius 2 is 2.04 bits per heavy atom. The first-order valence-corrected chi connectivity index (χ1v) is 8.04. The molecular weight excluding hydrogens is 326 g/mol. The number of carbonyl (C=O) groups excluding carboxylic acids is 1. The minimum Gasteiger partial charge on any atom is -0.494 e. The van der Waals surface area contributed by atoms with Crippen LogP contribution in [0.4, 0.5) is 5.69 Å². The van der Waals surface area contributed by atoms with Crippen molar-refractivity contribution in [3.05, 3.63) is 59.1 Å². The van der Waals surface area contributed by atoms with E-state index in [0.717, 1.165) is 17.0 Å². The van der Waals surface area contributed by atoms with Crippen molar-refractivity contribution in [1.82, 2.24) is 5.43 Å². The van der Waals surface area contributed by atoms with Crippen molar-refractivity contribution in [2.45, 2.75) is 19.9 Å². The summed E-state index contributed by atoms with van der Waals surface area (Å²) in [6, 6.07) is 14.2. The second-order valence-electron chi connectivity index (χ2n) is 5.11. The van der Waals surface area contributed by atoms with E-state index >= 15 is 0 Å². The number of hydrogen-bond donors (Lipinski definition) is 2. The SMILES string of the molecule is CCOc1ccc(N[C@H](C)C(=O)N/N=C\c2cccc(Cl)c2)cc1. The van der Waals surface area contributed by atoms with E-state index in [2.05, 4.69) is 15.8 Å². The Morgan fingerprint density at radius 1 is 1.29 bits per heavy atom. The van der Waals surface area contributed by atoms with Crippen LogP contribution >= 0.6 is 11.6 Å². The predicted molar refractivity (Wildman–Crippen MR) is 97.9 cm³/mol. The fourth-order valence-electron chi connectivity index (χ4n) is 1.98. The quantitative estimate of drug-likeness (QED) is 0.594. The number of ether oxygens (including phenoxy) is 1. The van der Waals surface area contributed by atoms with Gasteiger partial charge >= 0.3 is 0 Å². The number of carbonyl (C=O) groups is 1. The van der Waals surface area contributed by atoms with Gasteiger partial charge in [-0.2, -0.15) is 5.10 Å². The summed E-state index contributed by atoms with van der Waals surface area (Å²) in [5.74, 6) is 0.563. The Morgan fingerprint density at radius 3 is 2.71 bits per heavy atom. The van der Waals surface area contributed by atoms with Crippen LogP contribution in [-0.4, -0.2) is 24.8 Å². The minimum atomic E-state index is -0.431. The summed E-state index contributed by atoms with van der Waals surface area (Å²) >= 11 is 5.89. The number of halogens is 1. The highest BCUT2D eigenvalue weighted by molar-refractivity contribution is 6.30. The van der Waals surface area contributed by atoms with Gasteiger partial charge in [0.25, 0.3) is 5.91 Å². The average Bonchev–Trinajstić information content (AvgIpc) is 2.57. The van der Waals surface area contributed by atoms with Crippen molar-refractivity contribution >= 4 is 29.4 Å². The number of nitrogens with zero attached hydrogens (tertiary/aromatic N) is 1. The normalized spacial score (nSPS) is 12.0. The van der Waals surface area contributed by atoms with Gasteiger partial charge in [0.1, 0.15) is 11.8 Å². The standard InChI is InChI=1S/C18H20ClN3O2/c1-3-24-17-9-7-16(8-10-17)21-13(2)18(23)22-20-12-14-5-4-6-15(19)11-14/h4-13,21H,3H2,1-2H3,(H,22,23)/b20-12-/t13-/m1/s1. The Labute approximate surface area is 146 Å². The monoisotopic (exact) mass is 345 g/mol. The Kier molecular flexibility index (Phi) is 6.63. The molecule has 0 saturated carbocycles. The van der Waals surface area contributed by atoms with Crippen molar-refractivity contribution in [2.75, 3.05) is 11.9 Å². The van der Waals surface area contributed by atoms with Gasteiger partial charge in [0.05, 0.1) is 12.8 Å². The molecule has 0 aliphatic heterocycles. The van der Waals surface area contributed by atoms with Crippen molar-refractivity contribution in [3.63, 3.8) is 0 Å². The zero-order valence-corrected chi connectivity index (χ0v) is 14.4. The lowest BCUT2D eigenvalue weighted by Crippen LogP contribution is -2.34. The predicted octanol–water partition coefficient (Wildman–Crippen LogP) is 3.69. The first kappa shape index (κ1) is 17.8. The number of nitrogens with one attached hydrogen (secondary N) is 2. The molecule has 0 fully saturated rings. The Balaban J connectivity index is 1.85. The van der Waals surface area contributed by atoms with Gasteiger partial charge in [0.2, 0.25) is 0 Å². The van der Waals surface area contributed by atoms with E-state index in [1.165, 1.54) is 0 Å². The summed E-state index contributed by atoms with van der Waals surface area (Å²) in [5.41, 5.74) is 4.15. The van der Waals surface area contributed by atoms with Crippen molar-refractivity contribution in [1.29, 1.82) is 0 Å². The van der Waals surface area contributed by atoms with Crippen LogP contribution in [0.15, 0.2) is 53.6 Å². The molecule has 0 spiro atoms. The molecule has 1 amide bonds. The molecule has 0 aromatic heterocycles. The van der Waals surface area contributed by atoms with Gasteiger partial charge in [-0.1, -0.05) is 23.7 Å². The third kappa shape index (κ3) is 5.59. The molecule has 0 aliphatic rings. The lowest BCUT2D eigenvalue weighted by molar-refractivity contribution is -0.121. The maximum atomic E-state index is 12.0. The van der Waals surface area contributed by atoms with Crippen LogP contribution in [0.25, 0.3) is 0 Å². The third-order valence-electron chi connectivity index (χ3n) is 3.18. The van der Waals surface area contributed by atoms with Crippen LogP contribution in [0.2, 0.25) is 5.02 Å². The number of hydrazone groups is 1. The second-order valence-corrected chi connectivity index (χ2v) is 5.55. The van der Waals surface area contributed by atoms with Crippen molar-refractivity contribution < 1.29 is 9.53 Å². The van der Waals surface area contributed by atoms with E-state index in [4.69, 9.17) is 16.3 Å². The van der Waals surface area contributed by atoms with E-state index in [-0.39, 0.29) is 5.91 Å². The topological polar surface area (TPSA) is 62.7 Å². The van der Waals surface area contributed by atoms with E-state index in [0.29, 0.717) is 11.6 Å². The summed E-state index contributed by atoms with van der Waals surface area (Å²) in [5, 5.41) is 7.67. The van der Waals surface area contributed by atoms with Gasteiger partial charge in [-0.3, -0.25) is 4.79 Å². The van der Waals surface area contributed by atoms with Gasteiger partial charge < -0.3 is 10.1 Å². The van der Waals surface area contributed by atoms with Crippen molar-refractivity contribution in [2.24, 2.45) is 5.10 Å². The molecule has 24 heavy (non-hydrogen) atoms. The lowest BCUT2D eigenvalue weighted by Gasteiger charge is -2.13. The number of rotatable bonds is 7. The highest BCUT2D eigenvalue weighted by Crippen LogP contribution is 2.16. The van der Waals surface area contributed by atoms with Gasteiger partial charge in [0.15, 0.2) is 0 Å². The molecule has 0 saturated heterocycles.